The first-order valence-electron chi connectivity index (χ1n) is 9.05. The van der Waals surface area contributed by atoms with Crippen molar-refractivity contribution in [1.29, 1.82) is 0 Å². The summed E-state index contributed by atoms with van der Waals surface area (Å²) in [5.41, 5.74) is 2.60. The van der Waals surface area contributed by atoms with Gasteiger partial charge >= 0.3 is 0 Å². The molecular weight excluding hydrogens is 354 g/mol. The zero-order valence-corrected chi connectivity index (χ0v) is 15.8. The Balaban J connectivity index is 1.61. The van der Waals surface area contributed by atoms with Gasteiger partial charge in [0, 0.05) is 29.3 Å². The quantitative estimate of drug-likeness (QED) is 0.724. The molecule has 1 aliphatic heterocycles. The Morgan fingerprint density at radius 1 is 0.929 bits per heavy atom. The fourth-order valence-electron chi connectivity index (χ4n) is 3.47. The van der Waals surface area contributed by atoms with E-state index in [0.717, 1.165) is 16.7 Å². The second kappa shape index (κ2) is 7.64. The summed E-state index contributed by atoms with van der Waals surface area (Å²) >= 11 is 0. The summed E-state index contributed by atoms with van der Waals surface area (Å²) in [6.07, 6.45) is 0. The third-order valence-corrected chi connectivity index (χ3v) is 4.89. The van der Waals surface area contributed by atoms with Crippen molar-refractivity contribution in [2.75, 3.05) is 14.2 Å². The van der Waals surface area contributed by atoms with Gasteiger partial charge in [-0.1, -0.05) is 36.4 Å². The van der Waals surface area contributed by atoms with Crippen molar-refractivity contribution in [3.05, 3.63) is 83.4 Å². The van der Waals surface area contributed by atoms with Crippen LogP contribution in [-0.4, -0.2) is 20.1 Å². The minimum atomic E-state index is -0.426. The van der Waals surface area contributed by atoms with E-state index in [1.165, 1.54) is 0 Å². The number of fused-ring (bicyclic) bond motifs is 2. The highest BCUT2D eigenvalue weighted by atomic mass is 16.5. The fourth-order valence-corrected chi connectivity index (χ4v) is 3.47. The molecule has 5 heteroatoms. The summed E-state index contributed by atoms with van der Waals surface area (Å²) in [5.74, 6) is 2.30. The van der Waals surface area contributed by atoms with Gasteiger partial charge in [-0.05, 0) is 24.3 Å². The Morgan fingerprint density at radius 3 is 2.18 bits per heavy atom. The molecule has 1 heterocycles. The number of carbonyl (C=O) groups excluding carboxylic acids is 1. The molecule has 4 rings (SSSR count). The topological polar surface area (TPSA) is 56.8 Å². The van der Waals surface area contributed by atoms with Gasteiger partial charge in [0.1, 0.15) is 23.0 Å². The number of amides is 1. The molecule has 0 atom stereocenters. The van der Waals surface area contributed by atoms with Gasteiger partial charge in [-0.3, -0.25) is 4.79 Å². The standard InChI is InChI=1S/C23H21NO4/c1-26-16-12-11-15(21(13-16)27-2)14-24-23(25)22-17-7-3-5-9-19(17)28-20-10-6-4-8-18(20)22/h3-13,22H,14H2,1-2H3,(H,24,25). The highest BCUT2D eigenvalue weighted by Gasteiger charge is 2.32. The number of carbonyl (C=O) groups is 1. The molecule has 3 aromatic rings. The Bertz CT molecular complexity index is 969. The van der Waals surface area contributed by atoms with Crippen LogP contribution in [0.25, 0.3) is 0 Å². The van der Waals surface area contributed by atoms with Crippen molar-refractivity contribution in [2.24, 2.45) is 0 Å². The zero-order chi connectivity index (χ0) is 19.5. The van der Waals surface area contributed by atoms with E-state index in [4.69, 9.17) is 14.2 Å². The number of rotatable bonds is 5. The highest BCUT2D eigenvalue weighted by Crippen LogP contribution is 2.43. The van der Waals surface area contributed by atoms with Gasteiger partial charge in [0.2, 0.25) is 5.91 Å². The predicted molar refractivity (Wildman–Crippen MR) is 106 cm³/mol. The lowest BCUT2D eigenvalue weighted by molar-refractivity contribution is -0.122. The van der Waals surface area contributed by atoms with E-state index < -0.39 is 5.92 Å². The number of ether oxygens (including phenoxy) is 3. The molecule has 0 aliphatic carbocycles. The lowest BCUT2D eigenvalue weighted by atomic mass is 9.87. The molecule has 0 spiro atoms. The molecule has 0 bridgehead atoms. The smallest absolute Gasteiger partial charge is 0.232 e. The number of hydrogen-bond acceptors (Lipinski definition) is 4. The summed E-state index contributed by atoms with van der Waals surface area (Å²) in [4.78, 5) is 13.2. The van der Waals surface area contributed by atoms with Crippen molar-refractivity contribution in [3.63, 3.8) is 0 Å². The third-order valence-electron chi connectivity index (χ3n) is 4.89. The highest BCUT2D eigenvalue weighted by molar-refractivity contribution is 5.89. The Hall–Kier alpha value is -3.47. The molecule has 1 aliphatic rings. The maximum atomic E-state index is 13.2. The normalized spacial score (nSPS) is 12.4. The summed E-state index contributed by atoms with van der Waals surface area (Å²) in [6, 6.07) is 20.8. The van der Waals surface area contributed by atoms with E-state index in [1.807, 2.05) is 60.7 Å². The van der Waals surface area contributed by atoms with Crippen LogP contribution < -0.4 is 19.5 Å². The fraction of sp³-hybridized carbons (Fsp3) is 0.174. The molecule has 0 saturated carbocycles. The van der Waals surface area contributed by atoms with E-state index in [-0.39, 0.29) is 5.91 Å². The van der Waals surface area contributed by atoms with Crippen LogP contribution in [-0.2, 0) is 11.3 Å². The second-order valence-corrected chi connectivity index (χ2v) is 6.51. The van der Waals surface area contributed by atoms with Gasteiger partial charge < -0.3 is 19.5 Å². The molecule has 28 heavy (non-hydrogen) atoms. The summed E-state index contributed by atoms with van der Waals surface area (Å²) < 4.78 is 16.6. The summed E-state index contributed by atoms with van der Waals surface area (Å²) in [5, 5.41) is 3.05. The zero-order valence-electron chi connectivity index (χ0n) is 15.8. The van der Waals surface area contributed by atoms with E-state index in [9.17, 15) is 4.79 Å². The minimum absolute atomic E-state index is 0.0823. The van der Waals surface area contributed by atoms with Crippen molar-refractivity contribution >= 4 is 5.91 Å². The number of hydrogen-bond donors (Lipinski definition) is 1. The van der Waals surface area contributed by atoms with Crippen LogP contribution in [0.4, 0.5) is 0 Å². The molecule has 1 amide bonds. The molecule has 0 saturated heterocycles. The Kier molecular flexibility index (Phi) is 4.89. The molecule has 5 nitrogen and oxygen atoms in total. The van der Waals surface area contributed by atoms with Gasteiger partial charge in [0.15, 0.2) is 0 Å². The number of nitrogens with one attached hydrogen (secondary N) is 1. The van der Waals surface area contributed by atoms with E-state index in [2.05, 4.69) is 5.32 Å². The van der Waals surface area contributed by atoms with E-state index in [1.54, 1.807) is 20.3 Å². The number of benzene rings is 3. The largest absolute Gasteiger partial charge is 0.497 e. The van der Waals surface area contributed by atoms with Crippen LogP contribution >= 0.6 is 0 Å². The average Bonchev–Trinajstić information content (AvgIpc) is 2.75. The third kappa shape index (κ3) is 3.27. The van der Waals surface area contributed by atoms with Crippen LogP contribution in [0.1, 0.15) is 22.6 Å². The number of methoxy groups -OCH3 is 2. The van der Waals surface area contributed by atoms with E-state index in [0.29, 0.717) is 29.5 Å². The van der Waals surface area contributed by atoms with E-state index >= 15 is 0 Å². The second-order valence-electron chi connectivity index (χ2n) is 6.51. The van der Waals surface area contributed by atoms with Crippen LogP contribution in [0.15, 0.2) is 66.7 Å². The van der Waals surface area contributed by atoms with Crippen LogP contribution in [0.5, 0.6) is 23.0 Å². The van der Waals surface area contributed by atoms with Crippen molar-refractivity contribution in [2.45, 2.75) is 12.5 Å². The van der Waals surface area contributed by atoms with Gasteiger partial charge in [0.25, 0.3) is 0 Å². The van der Waals surface area contributed by atoms with Crippen molar-refractivity contribution in [3.8, 4) is 23.0 Å². The van der Waals surface area contributed by atoms with Crippen LogP contribution in [0, 0.1) is 0 Å². The first-order chi connectivity index (χ1) is 13.7. The van der Waals surface area contributed by atoms with Crippen molar-refractivity contribution in [1.82, 2.24) is 5.32 Å². The molecule has 142 valence electrons. The molecule has 0 unspecified atom stereocenters. The van der Waals surface area contributed by atoms with Crippen molar-refractivity contribution < 1.29 is 19.0 Å². The van der Waals surface area contributed by atoms with Gasteiger partial charge in [0.05, 0.1) is 20.1 Å². The predicted octanol–water partition coefficient (Wildman–Crippen LogP) is 4.26. The molecule has 0 aromatic heterocycles. The summed E-state index contributed by atoms with van der Waals surface area (Å²) in [7, 11) is 3.21. The Labute approximate surface area is 163 Å². The average molecular weight is 375 g/mol. The van der Waals surface area contributed by atoms with Gasteiger partial charge in [-0.2, -0.15) is 0 Å². The monoisotopic (exact) mass is 375 g/mol. The van der Waals surface area contributed by atoms with Gasteiger partial charge in [-0.15, -0.1) is 0 Å². The van der Waals surface area contributed by atoms with Crippen LogP contribution in [0.3, 0.4) is 0 Å². The molecular formula is C23H21NO4. The molecule has 1 N–H and O–H groups in total. The lowest BCUT2D eigenvalue weighted by Gasteiger charge is -2.27. The minimum Gasteiger partial charge on any atom is -0.497 e. The molecule has 0 radical (unpaired) electrons. The maximum Gasteiger partial charge on any atom is 0.232 e. The first kappa shape index (κ1) is 17.9. The molecule has 3 aromatic carbocycles. The van der Waals surface area contributed by atoms with Gasteiger partial charge in [-0.25, -0.2) is 0 Å². The Morgan fingerprint density at radius 2 is 1.57 bits per heavy atom. The number of para-hydroxylation sites is 2. The maximum absolute atomic E-state index is 13.2. The van der Waals surface area contributed by atoms with Crippen LogP contribution in [0.2, 0.25) is 0 Å². The first-order valence-corrected chi connectivity index (χ1v) is 9.05. The summed E-state index contributed by atoms with van der Waals surface area (Å²) in [6.45, 7) is 0.355. The SMILES string of the molecule is COc1ccc(CNC(=O)C2c3ccccc3Oc3ccccc32)c(OC)c1. The molecule has 0 fully saturated rings. The lowest BCUT2D eigenvalue weighted by Crippen LogP contribution is -2.31.